The van der Waals surface area contributed by atoms with E-state index in [4.69, 9.17) is 11.6 Å². The predicted molar refractivity (Wildman–Crippen MR) is 98.2 cm³/mol. The molecule has 5 nitrogen and oxygen atoms in total. The van der Waals surface area contributed by atoms with Crippen molar-refractivity contribution in [1.29, 1.82) is 0 Å². The summed E-state index contributed by atoms with van der Waals surface area (Å²) >= 11 is 5.96. The Morgan fingerprint density at radius 1 is 1.04 bits per heavy atom. The van der Waals surface area contributed by atoms with Gasteiger partial charge in [0.15, 0.2) is 0 Å². The third-order valence-electron chi connectivity index (χ3n) is 4.15. The van der Waals surface area contributed by atoms with Crippen molar-refractivity contribution in [3.8, 4) is 0 Å². The van der Waals surface area contributed by atoms with Crippen molar-refractivity contribution in [3.63, 3.8) is 0 Å². The van der Waals surface area contributed by atoms with E-state index in [2.05, 4.69) is 4.72 Å². The standard InChI is InChI=1S/C18H19ClN2O3S/c19-16-5-1-2-6-17(16)25(23,24)20-15-9-7-14(8-10-15)13-18(22)21-11-3-4-12-21/h1-2,5-10,20H,3-4,11-13H2. The molecule has 1 N–H and O–H groups in total. The monoisotopic (exact) mass is 378 g/mol. The van der Waals surface area contributed by atoms with Crippen molar-refractivity contribution in [2.24, 2.45) is 0 Å². The van der Waals surface area contributed by atoms with Gasteiger partial charge >= 0.3 is 0 Å². The minimum Gasteiger partial charge on any atom is -0.342 e. The maximum Gasteiger partial charge on any atom is 0.263 e. The minimum absolute atomic E-state index is 0.0324. The third-order valence-corrected chi connectivity index (χ3v) is 6.03. The predicted octanol–water partition coefficient (Wildman–Crippen LogP) is 3.31. The van der Waals surface area contributed by atoms with Crippen molar-refractivity contribution in [2.75, 3.05) is 17.8 Å². The topological polar surface area (TPSA) is 66.5 Å². The van der Waals surface area contributed by atoms with Crippen LogP contribution in [-0.4, -0.2) is 32.3 Å². The first-order chi connectivity index (χ1) is 12.0. The molecule has 25 heavy (non-hydrogen) atoms. The number of anilines is 1. The number of hydrogen-bond donors (Lipinski definition) is 1. The highest BCUT2D eigenvalue weighted by Crippen LogP contribution is 2.23. The molecular formula is C18H19ClN2O3S. The van der Waals surface area contributed by atoms with Gasteiger partial charge in [-0.1, -0.05) is 35.9 Å². The van der Waals surface area contributed by atoms with Crippen LogP contribution in [0.15, 0.2) is 53.4 Å². The first-order valence-corrected chi connectivity index (χ1v) is 9.96. The van der Waals surface area contributed by atoms with Gasteiger partial charge in [-0.3, -0.25) is 9.52 Å². The summed E-state index contributed by atoms with van der Waals surface area (Å²) in [7, 11) is -3.75. The molecule has 1 aliphatic heterocycles. The van der Waals surface area contributed by atoms with Gasteiger partial charge in [-0.25, -0.2) is 8.42 Å². The van der Waals surface area contributed by atoms with Crippen LogP contribution < -0.4 is 4.72 Å². The van der Waals surface area contributed by atoms with Crippen LogP contribution >= 0.6 is 11.6 Å². The van der Waals surface area contributed by atoms with Crippen molar-refractivity contribution < 1.29 is 13.2 Å². The smallest absolute Gasteiger partial charge is 0.263 e. The van der Waals surface area contributed by atoms with Gasteiger partial charge in [0.2, 0.25) is 5.91 Å². The van der Waals surface area contributed by atoms with E-state index in [1.54, 1.807) is 36.4 Å². The molecule has 7 heteroatoms. The molecule has 0 atom stereocenters. The zero-order chi connectivity index (χ0) is 17.9. The van der Waals surface area contributed by atoms with Gasteiger partial charge < -0.3 is 4.90 Å². The maximum absolute atomic E-state index is 12.4. The number of halogens is 1. The largest absolute Gasteiger partial charge is 0.342 e. The fourth-order valence-electron chi connectivity index (χ4n) is 2.82. The number of sulfonamides is 1. The Morgan fingerprint density at radius 2 is 1.68 bits per heavy atom. The van der Waals surface area contributed by atoms with Crippen molar-refractivity contribution in [3.05, 3.63) is 59.1 Å². The summed E-state index contributed by atoms with van der Waals surface area (Å²) in [4.78, 5) is 14.1. The molecule has 1 fully saturated rings. The van der Waals surface area contributed by atoms with Crippen LogP contribution in [0.2, 0.25) is 5.02 Å². The summed E-state index contributed by atoms with van der Waals surface area (Å²) in [6.07, 6.45) is 2.46. The average molecular weight is 379 g/mol. The van der Waals surface area contributed by atoms with E-state index in [1.807, 2.05) is 4.90 Å². The highest BCUT2D eigenvalue weighted by Gasteiger charge is 2.19. The second kappa shape index (κ2) is 7.45. The van der Waals surface area contributed by atoms with Gasteiger partial charge in [0, 0.05) is 18.8 Å². The number of nitrogens with zero attached hydrogens (tertiary/aromatic N) is 1. The molecule has 0 saturated carbocycles. The number of amides is 1. The molecule has 0 aromatic heterocycles. The highest BCUT2D eigenvalue weighted by atomic mass is 35.5. The summed E-state index contributed by atoms with van der Waals surface area (Å²) in [6.45, 7) is 1.66. The molecule has 2 aromatic rings. The van der Waals surface area contributed by atoms with Crippen LogP contribution in [0.1, 0.15) is 18.4 Å². The Balaban J connectivity index is 1.68. The summed E-state index contributed by atoms with van der Waals surface area (Å²) < 4.78 is 27.3. The molecular weight excluding hydrogens is 360 g/mol. The van der Waals surface area contributed by atoms with Crippen LogP contribution in [0, 0.1) is 0 Å². The Morgan fingerprint density at radius 3 is 2.32 bits per heavy atom. The fourth-order valence-corrected chi connectivity index (χ4v) is 4.40. The molecule has 0 spiro atoms. The molecule has 0 aliphatic carbocycles. The normalized spacial score (nSPS) is 14.5. The van der Waals surface area contributed by atoms with Crippen LogP contribution in [0.5, 0.6) is 0 Å². The summed E-state index contributed by atoms with van der Waals surface area (Å²) in [5.41, 5.74) is 1.29. The fraction of sp³-hybridized carbons (Fsp3) is 0.278. The van der Waals surface area contributed by atoms with E-state index in [9.17, 15) is 13.2 Å². The first kappa shape index (κ1) is 17.8. The number of carbonyl (C=O) groups excluding carboxylic acids is 1. The second-order valence-electron chi connectivity index (χ2n) is 6.00. The number of rotatable bonds is 5. The first-order valence-electron chi connectivity index (χ1n) is 8.10. The molecule has 132 valence electrons. The Bertz CT molecular complexity index is 860. The lowest BCUT2D eigenvalue weighted by atomic mass is 10.1. The minimum atomic E-state index is -3.75. The quantitative estimate of drug-likeness (QED) is 0.868. The van der Waals surface area contributed by atoms with Crippen molar-refractivity contribution in [2.45, 2.75) is 24.2 Å². The maximum atomic E-state index is 12.4. The van der Waals surface area contributed by atoms with Gasteiger partial charge in [0.1, 0.15) is 4.90 Å². The Hall–Kier alpha value is -2.05. The van der Waals surface area contributed by atoms with Crippen LogP contribution in [0.25, 0.3) is 0 Å². The molecule has 1 amide bonds. The lowest BCUT2D eigenvalue weighted by Gasteiger charge is -2.15. The summed E-state index contributed by atoms with van der Waals surface area (Å²) in [5.74, 6) is 0.113. The molecule has 2 aromatic carbocycles. The number of hydrogen-bond acceptors (Lipinski definition) is 3. The average Bonchev–Trinajstić information content (AvgIpc) is 3.11. The molecule has 1 aliphatic rings. The lowest BCUT2D eigenvalue weighted by Crippen LogP contribution is -2.29. The third kappa shape index (κ3) is 4.32. The number of benzene rings is 2. The van der Waals surface area contributed by atoms with Crippen molar-refractivity contribution >= 4 is 33.2 Å². The van der Waals surface area contributed by atoms with E-state index < -0.39 is 10.0 Å². The molecule has 1 saturated heterocycles. The van der Waals surface area contributed by atoms with Gasteiger partial charge in [0.25, 0.3) is 10.0 Å². The molecule has 0 unspecified atom stereocenters. The molecule has 1 heterocycles. The SMILES string of the molecule is O=C(Cc1ccc(NS(=O)(=O)c2ccccc2Cl)cc1)N1CCCC1. The van der Waals surface area contributed by atoms with Crippen LogP contribution in [-0.2, 0) is 21.2 Å². The number of likely N-dealkylation sites (tertiary alicyclic amines) is 1. The van der Waals surface area contributed by atoms with Crippen molar-refractivity contribution in [1.82, 2.24) is 4.90 Å². The summed E-state index contributed by atoms with van der Waals surface area (Å²) in [5, 5.41) is 0.169. The van der Waals surface area contributed by atoms with E-state index in [1.165, 1.54) is 12.1 Å². The zero-order valence-corrected chi connectivity index (χ0v) is 15.2. The second-order valence-corrected chi connectivity index (χ2v) is 8.06. The van der Waals surface area contributed by atoms with Crippen LogP contribution in [0.4, 0.5) is 5.69 Å². The number of nitrogens with one attached hydrogen (secondary N) is 1. The Kier molecular flexibility index (Phi) is 5.30. The molecule has 3 rings (SSSR count). The highest BCUT2D eigenvalue weighted by molar-refractivity contribution is 7.92. The van der Waals surface area contributed by atoms with Gasteiger partial charge in [-0.05, 0) is 42.7 Å². The van der Waals surface area contributed by atoms with E-state index in [-0.39, 0.29) is 15.8 Å². The van der Waals surface area contributed by atoms with E-state index in [0.29, 0.717) is 12.1 Å². The van der Waals surface area contributed by atoms with Gasteiger partial charge in [-0.15, -0.1) is 0 Å². The van der Waals surface area contributed by atoms with Gasteiger partial charge in [0.05, 0.1) is 11.4 Å². The lowest BCUT2D eigenvalue weighted by molar-refractivity contribution is -0.129. The number of carbonyl (C=O) groups is 1. The molecule has 0 bridgehead atoms. The van der Waals surface area contributed by atoms with E-state index in [0.717, 1.165) is 31.5 Å². The van der Waals surface area contributed by atoms with Gasteiger partial charge in [-0.2, -0.15) is 0 Å². The zero-order valence-electron chi connectivity index (χ0n) is 13.6. The van der Waals surface area contributed by atoms with Crippen LogP contribution in [0.3, 0.4) is 0 Å². The Labute approximate surface area is 152 Å². The van der Waals surface area contributed by atoms with E-state index >= 15 is 0 Å². The molecule has 0 radical (unpaired) electrons. The summed E-state index contributed by atoms with van der Waals surface area (Å²) in [6, 6.07) is 13.1.